The van der Waals surface area contributed by atoms with E-state index in [-0.39, 0.29) is 0 Å². The molecule has 0 atom stereocenters. The van der Waals surface area contributed by atoms with Gasteiger partial charge in [-0.05, 0) is 48.7 Å². The number of aryl methyl sites for hydroxylation is 1. The largest absolute Gasteiger partial charge is 0.398 e. The molecule has 2 aromatic carbocycles. The average molecular weight is 240 g/mol. The van der Waals surface area contributed by atoms with Crippen molar-refractivity contribution in [3.63, 3.8) is 0 Å². The standard InChI is InChI=1S/C16H20N2/c1-4-13-8-10-14(11-9-13)18(3)16-7-5-6-15(17)12(16)2/h5-11H,4,17H2,1-3H3. The second-order valence-corrected chi connectivity index (χ2v) is 4.57. The molecular formula is C16H20N2. The Morgan fingerprint density at radius 2 is 1.72 bits per heavy atom. The number of anilines is 3. The second kappa shape index (κ2) is 5.13. The van der Waals surface area contributed by atoms with E-state index in [9.17, 15) is 0 Å². The lowest BCUT2D eigenvalue weighted by Crippen LogP contribution is -2.11. The van der Waals surface area contributed by atoms with Crippen LogP contribution in [0.3, 0.4) is 0 Å². The molecule has 0 aliphatic heterocycles. The fraction of sp³-hybridized carbons (Fsp3) is 0.250. The van der Waals surface area contributed by atoms with E-state index < -0.39 is 0 Å². The van der Waals surface area contributed by atoms with Gasteiger partial charge in [0.2, 0.25) is 0 Å². The molecule has 0 saturated carbocycles. The van der Waals surface area contributed by atoms with Gasteiger partial charge < -0.3 is 10.6 Å². The Kier molecular flexibility index (Phi) is 3.56. The maximum atomic E-state index is 5.96. The van der Waals surface area contributed by atoms with Crippen molar-refractivity contribution >= 4 is 17.1 Å². The number of rotatable bonds is 3. The number of nitrogens with zero attached hydrogens (tertiary/aromatic N) is 1. The zero-order chi connectivity index (χ0) is 13.1. The molecule has 2 heteroatoms. The van der Waals surface area contributed by atoms with Crippen LogP contribution in [-0.4, -0.2) is 7.05 Å². The Morgan fingerprint density at radius 3 is 2.33 bits per heavy atom. The summed E-state index contributed by atoms with van der Waals surface area (Å²) in [6.45, 7) is 4.22. The molecule has 0 aromatic heterocycles. The molecule has 0 bridgehead atoms. The van der Waals surface area contributed by atoms with E-state index in [2.05, 4.69) is 56.1 Å². The van der Waals surface area contributed by atoms with Gasteiger partial charge in [-0.2, -0.15) is 0 Å². The second-order valence-electron chi connectivity index (χ2n) is 4.57. The summed E-state index contributed by atoms with van der Waals surface area (Å²) in [6.07, 6.45) is 1.07. The lowest BCUT2D eigenvalue weighted by molar-refractivity contribution is 1.13. The first kappa shape index (κ1) is 12.5. The maximum absolute atomic E-state index is 5.96. The third-order valence-corrected chi connectivity index (χ3v) is 3.44. The Hall–Kier alpha value is -1.96. The van der Waals surface area contributed by atoms with Gasteiger partial charge in [-0.25, -0.2) is 0 Å². The predicted octanol–water partition coefficient (Wildman–Crippen LogP) is 3.91. The first-order valence-electron chi connectivity index (χ1n) is 6.31. The van der Waals surface area contributed by atoms with Gasteiger partial charge in [-0.1, -0.05) is 25.1 Å². The summed E-state index contributed by atoms with van der Waals surface area (Å²) in [5.74, 6) is 0. The van der Waals surface area contributed by atoms with E-state index in [0.29, 0.717) is 0 Å². The van der Waals surface area contributed by atoms with Gasteiger partial charge in [0.15, 0.2) is 0 Å². The lowest BCUT2D eigenvalue weighted by atomic mass is 10.1. The summed E-state index contributed by atoms with van der Waals surface area (Å²) in [5.41, 5.74) is 11.6. The molecule has 0 fully saturated rings. The number of benzene rings is 2. The van der Waals surface area contributed by atoms with Gasteiger partial charge in [0.05, 0.1) is 0 Å². The first-order valence-corrected chi connectivity index (χ1v) is 6.31. The topological polar surface area (TPSA) is 29.3 Å². The van der Waals surface area contributed by atoms with E-state index in [0.717, 1.165) is 23.4 Å². The summed E-state index contributed by atoms with van der Waals surface area (Å²) in [4.78, 5) is 2.17. The van der Waals surface area contributed by atoms with Crippen molar-refractivity contribution in [3.05, 3.63) is 53.6 Å². The zero-order valence-corrected chi connectivity index (χ0v) is 11.3. The van der Waals surface area contributed by atoms with Crippen LogP contribution in [0.1, 0.15) is 18.1 Å². The molecule has 0 spiro atoms. The quantitative estimate of drug-likeness (QED) is 0.824. The van der Waals surface area contributed by atoms with Crippen molar-refractivity contribution in [2.24, 2.45) is 0 Å². The molecule has 18 heavy (non-hydrogen) atoms. The molecule has 94 valence electrons. The minimum Gasteiger partial charge on any atom is -0.398 e. The van der Waals surface area contributed by atoms with Gasteiger partial charge >= 0.3 is 0 Å². The van der Waals surface area contributed by atoms with Gasteiger partial charge in [-0.3, -0.25) is 0 Å². The third kappa shape index (κ3) is 2.33. The van der Waals surface area contributed by atoms with E-state index >= 15 is 0 Å². The highest BCUT2D eigenvalue weighted by atomic mass is 15.1. The van der Waals surface area contributed by atoms with E-state index in [1.54, 1.807) is 0 Å². The summed E-state index contributed by atoms with van der Waals surface area (Å²) in [5, 5.41) is 0. The van der Waals surface area contributed by atoms with Crippen LogP contribution < -0.4 is 10.6 Å². The van der Waals surface area contributed by atoms with Crippen LogP contribution >= 0.6 is 0 Å². The van der Waals surface area contributed by atoms with Gasteiger partial charge in [-0.15, -0.1) is 0 Å². The smallest absolute Gasteiger partial charge is 0.0458 e. The number of nitrogen functional groups attached to an aromatic ring is 1. The predicted molar refractivity (Wildman–Crippen MR) is 79.5 cm³/mol. The highest BCUT2D eigenvalue weighted by molar-refractivity contribution is 5.71. The molecule has 0 heterocycles. The van der Waals surface area contributed by atoms with Crippen molar-refractivity contribution in [2.45, 2.75) is 20.3 Å². The fourth-order valence-electron chi connectivity index (χ4n) is 2.10. The van der Waals surface area contributed by atoms with Crippen LogP contribution in [0.25, 0.3) is 0 Å². The van der Waals surface area contributed by atoms with E-state index in [4.69, 9.17) is 5.73 Å². The molecule has 2 N–H and O–H groups in total. The van der Waals surface area contributed by atoms with Crippen LogP contribution in [0.2, 0.25) is 0 Å². The van der Waals surface area contributed by atoms with Crippen LogP contribution in [0.15, 0.2) is 42.5 Å². The summed E-state index contributed by atoms with van der Waals surface area (Å²) in [6, 6.07) is 14.7. The first-order chi connectivity index (χ1) is 8.63. The van der Waals surface area contributed by atoms with Crippen molar-refractivity contribution in [1.82, 2.24) is 0 Å². The van der Waals surface area contributed by atoms with Crippen LogP contribution in [0.4, 0.5) is 17.1 Å². The molecule has 2 nitrogen and oxygen atoms in total. The van der Waals surface area contributed by atoms with Crippen LogP contribution in [0, 0.1) is 6.92 Å². The number of hydrogen-bond acceptors (Lipinski definition) is 2. The third-order valence-electron chi connectivity index (χ3n) is 3.44. The van der Waals surface area contributed by atoms with Gasteiger partial charge in [0.25, 0.3) is 0 Å². The van der Waals surface area contributed by atoms with Gasteiger partial charge in [0.1, 0.15) is 0 Å². The van der Waals surface area contributed by atoms with Crippen molar-refractivity contribution in [3.8, 4) is 0 Å². The number of hydrogen-bond donors (Lipinski definition) is 1. The SMILES string of the molecule is CCc1ccc(N(C)c2cccc(N)c2C)cc1. The molecule has 0 aliphatic rings. The highest BCUT2D eigenvalue weighted by Gasteiger charge is 2.08. The fourth-order valence-corrected chi connectivity index (χ4v) is 2.10. The van der Waals surface area contributed by atoms with E-state index in [1.165, 1.54) is 11.3 Å². The summed E-state index contributed by atoms with van der Waals surface area (Å²) < 4.78 is 0. The van der Waals surface area contributed by atoms with E-state index in [1.807, 2.05) is 12.1 Å². The molecule has 0 saturated heterocycles. The Labute approximate surface area is 109 Å². The average Bonchev–Trinajstić information content (AvgIpc) is 2.41. The molecule has 2 rings (SSSR count). The molecule has 0 aliphatic carbocycles. The Balaban J connectivity index is 2.35. The monoisotopic (exact) mass is 240 g/mol. The minimum atomic E-state index is 0.838. The zero-order valence-electron chi connectivity index (χ0n) is 11.3. The maximum Gasteiger partial charge on any atom is 0.0458 e. The molecule has 2 aromatic rings. The van der Waals surface area contributed by atoms with Crippen molar-refractivity contribution < 1.29 is 0 Å². The summed E-state index contributed by atoms with van der Waals surface area (Å²) in [7, 11) is 2.07. The van der Waals surface area contributed by atoms with Gasteiger partial charge in [0, 0.05) is 24.1 Å². The molecular weight excluding hydrogens is 220 g/mol. The minimum absolute atomic E-state index is 0.838. The van der Waals surface area contributed by atoms with Crippen LogP contribution in [0.5, 0.6) is 0 Å². The molecule has 0 unspecified atom stereocenters. The Morgan fingerprint density at radius 1 is 1.06 bits per heavy atom. The van der Waals surface area contributed by atoms with Crippen molar-refractivity contribution in [2.75, 3.05) is 17.7 Å². The summed E-state index contributed by atoms with van der Waals surface area (Å²) >= 11 is 0. The highest BCUT2D eigenvalue weighted by Crippen LogP contribution is 2.29. The van der Waals surface area contributed by atoms with Crippen LogP contribution in [-0.2, 0) is 6.42 Å². The Bertz CT molecular complexity index is 529. The number of nitrogens with two attached hydrogens (primary N) is 1. The normalized spacial score (nSPS) is 10.4. The van der Waals surface area contributed by atoms with Crippen molar-refractivity contribution in [1.29, 1.82) is 0 Å². The molecule has 0 amide bonds. The lowest BCUT2D eigenvalue weighted by Gasteiger charge is -2.22. The molecule has 0 radical (unpaired) electrons.